The van der Waals surface area contributed by atoms with E-state index in [9.17, 15) is 9.90 Å². The highest BCUT2D eigenvalue weighted by atomic mass is 16.3. The van der Waals surface area contributed by atoms with E-state index in [4.69, 9.17) is 0 Å². The Kier molecular flexibility index (Phi) is 2.75. The smallest absolute Gasteiger partial charge is 0.190 e. The van der Waals surface area contributed by atoms with Crippen molar-refractivity contribution in [1.29, 1.82) is 0 Å². The molecule has 1 heterocycles. The summed E-state index contributed by atoms with van der Waals surface area (Å²) in [4.78, 5) is 15.3. The summed E-state index contributed by atoms with van der Waals surface area (Å²) < 4.78 is 0. The van der Waals surface area contributed by atoms with Crippen LogP contribution in [0, 0.1) is 5.92 Å². The van der Waals surface area contributed by atoms with Crippen molar-refractivity contribution >= 4 is 16.5 Å². The number of phenolic OH excluding ortho intramolecular Hbond substituents is 1. The van der Waals surface area contributed by atoms with E-state index in [2.05, 4.69) is 18.0 Å². The summed E-state index contributed by atoms with van der Waals surface area (Å²) in [5.74, 6) is 0.634. The van der Waals surface area contributed by atoms with Gasteiger partial charge in [0.25, 0.3) is 0 Å². The molecule has 1 atom stereocenters. The van der Waals surface area contributed by atoms with E-state index in [0.29, 0.717) is 16.8 Å². The predicted octanol–water partition coefficient (Wildman–Crippen LogP) is 3.21. The maximum atomic E-state index is 12.1. The minimum atomic E-state index is -0.0214. The quantitative estimate of drug-likeness (QED) is 0.820. The molecular formula is C16H15NO2. The van der Waals surface area contributed by atoms with Crippen molar-refractivity contribution in [3.05, 3.63) is 58.4 Å². The molecule has 0 spiro atoms. The zero-order chi connectivity index (χ0) is 13.4. The van der Waals surface area contributed by atoms with Crippen molar-refractivity contribution in [2.24, 2.45) is 5.92 Å². The molecule has 3 heteroatoms. The first kappa shape index (κ1) is 11.8. The van der Waals surface area contributed by atoms with Gasteiger partial charge in [0.15, 0.2) is 5.43 Å². The normalized spacial score (nSPS) is 18.6. The van der Waals surface area contributed by atoms with Crippen LogP contribution >= 0.6 is 0 Å². The van der Waals surface area contributed by atoms with Crippen molar-refractivity contribution in [2.75, 3.05) is 0 Å². The Balaban J connectivity index is 2.18. The van der Waals surface area contributed by atoms with E-state index in [-0.39, 0.29) is 11.2 Å². The second-order valence-electron chi connectivity index (χ2n) is 5.04. The summed E-state index contributed by atoms with van der Waals surface area (Å²) >= 11 is 0. The first-order valence-corrected chi connectivity index (χ1v) is 6.37. The van der Waals surface area contributed by atoms with Crippen LogP contribution in [0.5, 0.6) is 5.75 Å². The highest BCUT2D eigenvalue weighted by Gasteiger charge is 2.11. The molecule has 1 aromatic carbocycles. The van der Waals surface area contributed by atoms with Crippen LogP contribution in [0.15, 0.2) is 47.3 Å². The number of nitrogens with one attached hydrogen (secondary N) is 1. The van der Waals surface area contributed by atoms with Crippen LogP contribution in [-0.2, 0) is 0 Å². The fourth-order valence-electron chi connectivity index (χ4n) is 2.46. The zero-order valence-electron chi connectivity index (χ0n) is 10.7. The molecule has 3 nitrogen and oxygen atoms in total. The first-order chi connectivity index (χ1) is 9.13. The van der Waals surface area contributed by atoms with E-state index >= 15 is 0 Å². The summed E-state index contributed by atoms with van der Waals surface area (Å²) in [6.45, 7) is 2.15. The van der Waals surface area contributed by atoms with Crippen LogP contribution in [0.1, 0.15) is 19.0 Å². The van der Waals surface area contributed by atoms with Gasteiger partial charge >= 0.3 is 0 Å². The third kappa shape index (κ3) is 2.19. The number of benzene rings is 1. The Bertz CT molecular complexity index is 753. The lowest BCUT2D eigenvalue weighted by atomic mass is 9.93. The van der Waals surface area contributed by atoms with Gasteiger partial charge in [0.1, 0.15) is 5.75 Å². The summed E-state index contributed by atoms with van der Waals surface area (Å²) in [6, 6.07) is 6.40. The number of aromatic hydroxyl groups is 1. The summed E-state index contributed by atoms with van der Waals surface area (Å²) in [5.41, 5.74) is 2.61. The lowest BCUT2D eigenvalue weighted by Gasteiger charge is -2.15. The molecule has 3 rings (SSSR count). The number of fused-ring (bicyclic) bond motifs is 1. The number of allylic oxidation sites excluding steroid dienone is 4. The zero-order valence-corrected chi connectivity index (χ0v) is 10.7. The average molecular weight is 253 g/mol. The van der Waals surface area contributed by atoms with Gasteiger partial charge in [-0.15, -0.1) is 0 Å². The van der Waals surface area contributed by atoms with E-state index < -0.39 is 0 Å². The van der Waals surface area contributed by atoms with Gasteiger partial charge in [-0.25, -0.2) is 0 Å². The van der Waals surface area contributed by atoms with E-state index in [1.807, 2.05) is 12.2 Å². The minimum absolute atomic E-state index is 0.0214. The minimum Gasteiger partial charge on any atom is -0.508 e. The standard InChI is InChI=1S/C16H15NO2/c1-10-3-2-4-11(7-10)14-9-16(19)13-6-5-12(18)8-15(13)17-14/h2-6,8-10,18H,7H2,1H3,(H,17,19). The second-order valence-corrected chi connectivity index (χ2v) is 5.04. The summed E-state index contributed by atoms with van der Waals surface area (Å²) in [7, 11) is 0. The van der Waals surface area contributed by atoms with Crippen molar-refractivity contribution in [3.8, 4) is 5.75 Å². The Hall–Kier alpha value is -2.29. The topological polar surface area (TPSA) is 53.1 Å². The maximum Gasteiger partial charge on any atom is 0.190 e. The number of aromatic nitrogens is 1. The van der Waals surface area contributed by atoms with Crippen LogP contribution in [-0.4, -0.2) is 10.1 Å². The molecule has 1 aliphatic rings. The predicted molar refractivity (Wildman–Crippen MR) is 77.1 cm³/mol. The number of hydrogen-bond donors (Lipinski definition) is 2. The van der Waals surface area contributed by atoms with Gasteiger partial charge in [-0.1, -0.05) is 25.2 Å². The molecule has 1 aromatic heterocycles. The van der Waals surface area contributed by atoms with Crippen LogP contribution < -0.4 is 5.43 Å². The molecule has 96 valence electrons. The lowest BCUT2D eigenvalue weighted by Crippen LogP contribution is -2.06. The molecule has 0 saturated carbocycles. The largest absolute Gasteiger partial charge is 0.508 e. The first-order valence-electron chi connectivity index (χ1n) is 6.37. The molecule has 0 aliphatic heterocycles. The Labute approximate surface area is 110 Å². The number of aromatic amines is 1. The van der Waals surface area contributed by atoms with Gasteiger partial charge in [-0.3, -0.25) is 4.79 Å². The SMILES string of the molecule is CC1C=CC=C(c2cc(=O)c3ccc(O)cc3[nH]2)C1. The maximum absolute atomic E-state index is 12.1. The monoisotopic (exact) mass is 253 g/mol. The molecule has 0 amide bonds. The number of hydrogen-bond acceptors (Lipinski definition) is 2. The van der Waals surface area contributed by atoms with Crippen molar-refractivity contribution in [1.82, 2.24) is 4.98 Å². The molecule has 1 unspecified atom stereocenters. The van der Waals surface area contributed by atoms with Crippen molar-refractivity contribution < 1.29 is 5.11 Å². The van der Waals surface area contributed by atoms with Crippen LogP contribution in [0.3, 0.4) is 0 Å². The van der Waals surface area contributed by atoms with Gasteiger partial charge in [-0.05, 0) is 30.0 Å². The van der Waals surface area contributed by atoms with Gasteiger partial charge in [-0.2, -0.15) is 0 Å². The van der Waals surface area contributed by atoms with Crippen molar-refractivity contribution in [3.63, 3.8) is 0 Å². The van der Waals surface area contributed by atoms with Gasteiger partial charge in [0.2, 0.25) is 0 Å². The molecule has 0 radical (unpaired) electrons. The van der Waals surface area contributed by atoms with Crippen LogP contribution in [0.25, 0.3) is 16.5 Å². The van der Waals surface area contributed by atoms with E-state index in [0.717, 1.165) is 17.7 Å². The number of rotatable bonds is 1. The fraction of sp³-hybridized carbons (Fsp3) is 0.188. The van der Waals surface area contributed by atoms with Crippen molar-refractivity contribution in [2.45, 2.75) is 13.3 Å². The molecule has 0 bridgehead atoms. The van der Waals surface area contributed by atoms with Gasteiger partial charge in [0.05, 0.1) is 5.52 Å². The molecular weight excluding hydrogens is 238 g/mol. The number of pyridine rings is 1. The molecule has 19 heavy (non-hydrogen) atoms. The van der Waals surface area contributed by atoms with E-state index in [1.54, 1.807) is 18.2 Å². The highest BCUT2D eigenvalue weighted by molar-refractivity contribution is 5.82. The van der Waals surface area contributed by atoms with Gasteiger partial charge < -0.3 is 10.1 Å². The second kappa shape index (κ2) is 4.43. The fourth-order valence-corrected chi connectivity index (χ4v) is 2.46. The number of H-pyrrole nitrogens is 1. The Morgan fingerprint density at radius 3 is 2.95 bits per heavy atom. The average Bonchev–Trinajstić information content (AvgIpc) is 2.38. The molecule has 1 aliphatic carbocycles. The Morgan fingerprint density at radius 2 is 2.16 bits per heavy atom. The molecule has 2 aromatic rings. The third-order valence-corrected chi connectivity index (χ3v) is 3.44. The Morgan fingerprint density at radius 1 is 1.32 bits per heavy atom. The van der Waals surface area contributed by atoms with Crippen LogP contribution in [0.2, 0.25) is 0 Å². The molecule has 2 N–H and O–H groups in total. The molecule has 0 fully saturated rings. The highest BCUT2D eigenvalue weighted by Crippen LogP contribution is 2.26. The van der Waals surface area contributed by atoms with Crippen LogP contribution in [0.4, 0.5) is 0 Å². The van der Waals surface area contributed by atoms with E-state index in [1.165, 1.54) is 6.07 Å². The third-order valence-electron chi connectivity index (χ3n) is 3.44. The lowest BCUT2D eigenvalue weighted by molar-refractivity contribution is 0.476. The molecule has 0 saturated heterocycles. The summed E-state index contributed by atoms with van der Waals surface area (Å²) in [6.07, 6.45) is 7.11. The van der Waals surface area contributed by atoms with Gasteiger partial charge in [0, 0.05) is 23.2 Å². The number of phenols is 1. The summed E-state index contributed by atoms with van der Waals surface area (Å²) in [5, 5.41) is 10.1.